The van der Waals surface area contributed by atoms with Crippen molar-refractivity contribution in [3.05, 3.63) is 130 Å². The first-order valence-corrected chi connectivity index (χ1v) is 27.6. The molecule has 3 aliphatic heterocycles. The number of carbonyl (C=O) groups is 4. The second kappa shape index (κ2) is 21.0. The van der Waals surface area contributed by atoms with E-state index in [1.165, 1.54) is 29.7 Å². The Bertz CT molecular complexity index is 3300. The molecular formula is C60H66N8O6S. The number of aromatic nitrogens is 4. The molecule has 0 bridgehead atoms. The van der Waals surface area contributed by atoms with E-state index in [1.807, 2.05) is 99.2 Å². The third kappa shape index (κ3) is 10.8. The van der Waals surface area contributed by atoms with Gasteiger partial charge in [-0.3, -0.25) is 29.7 Å². The van der Waals surface area contributed by atoms with Crippen molar-refractivity contribution >= 4 is 67.1 Å². The van der Waals surface area contributed by atoms with Crippen LogP contribution in [-0.4, -0.2) is 86.2 Å². The van der Waals surface area contributed by atoms with Gasteiger partial charge >= 0.3 is 5.97 Å². The van der Waals surface area contributed by atoms with Crippen molar-refractivity contribution in [3.8, 4) is 16.9 Å². The zero-order valence-electron chi connectivity index (χ0n) is 43.6. The highest BCUT2D eigenvalue weighted by Gasteiger charge is 2.33. The Morgan fingerprint density at radius 2 is 1.69 bits per heavy atom. The number of imide groups is 1. The highest BCUT2D eigenvalue weighted by molar-refractivity contribution is 7.22. The number of ether oxygens (including phenoxy) is 2. The fourth-order valence-electron chi connectivity index (χ4n) is 11.8. The summed E-state index contributed by atoms with van der Waals surface area (Å²) in [5, 5.41) is 11.8. The Hall–Kier alpha value is -6.97. The van der Waals surface area contributed by atoms with Crippen molar-refractivity contribution in [2.24, 2.45) is 13.0 Å². The van der Waals surface area contributed by atoms with E-state index >= 15 is 0 Å². The fraction of sp³-hybridized carbons (Fsp3) is 0.417. The molecule has 388 valence electrons. The number of amides is 3. The second-order valence-electron chi connectivity index (χ2n) is 22.0. The first kappa shape index (κ1) is 50.2. The standard InChI is InChI=1S/C60H66N8O6S/c1-36-42(43-24-26-52(62-55(43)58(72)74-60(2,3)4)68-32-29-38-12-8-14-44(47(38)35-68)56(70)64-59-61-48-15-6-7-17-51(48)75-59)13-9-16-50(36)73-41-21-18-37(19-22-41)11-10-30-67-31-28-40(34-67)39-20-23-45-49(33-39)66(5)65-54(45)46-25-27-53(69)63-57(46)71/h6-9,12-17,20,23-24,26,33,37,40-41,46H,10-11,18-19,21-22,25,27-32,34-35H2,1-5H3,(H,61,64,70)(H,63,69,71)/t37-,40-,41-,46?/m0/s1. The molecule has 75 heavy (non-hydrogen) atoms. The zero-order chi connectivity index (χ0) is 52.0. The Morgan fingerprint density at radius 3 is 2.51 bits per heavy atom. The lowest BCUT2D eigenvalue weighted by molar-refractivity contribution is -0.134. The number of hydrogen-bond acceptors (Lipinski definition) is 12. The van der Waals surface area contributed by atoms with E-state index in [0.29, 0.717) is 66.3 Å². The molecule has 3 amide bonds. The number of rotatable bonds is 13. The van der Waals surface area contributed by atoms with Crippen molar-refractivity contribution in [3.63, 3.8) is 0 Å². The van der Waals surface area contributed by atoms with E-state index < -0.39 is 17.5 Å². The summed E-state index contributed by atoms with van der Waals surface area (Å²) in [6, 6.07) is 30.3. The zero-order valence-corrected chi connectivity index (χ0v) is 44.4. The molecule has 1 aliphatic carbocycles. The van der Waals surface area contributed by atoms with Crippen LogP contribution >= 0.6 is 11.3 Å². The molecule has 14 nitrogen and oxygen atoms in total. The predicted octanol–water partition coefficient (Wildman–Crippen LogP) is 11.1. The van der Waals surface area contributed by atoms with E-state index in [-0.39, 0.29) is 29.5 Å². The fourth-order valence-corrected chi connectivity index (χ4v) is 12.7. The molecule has 0 radical (unpaired) electrons. The Labute approximate surface area is 442 Å². The van der Waals surface area contributed by atoms with Gasteiger partial charge in [-0.25, -0.2) is 14.8 Å². The SMILES string of the molecule is Cc1c(O[C@H]2CC[C@H](CCCN3CC[C@H](c4ccc5c(C6CCC(=O)NC6=O)nn(C)c5c4)C3)CC2)cccc1-c1ccc(N2CCc3cccc(C(=O)Nc4nc5ccccc5s4)c3C2)nc1C(=O)OC(C)(C)C. The van der Waals surface area contributed by atoms with Crippen LogP contribution in [0.3, 0.4) is 0 Å². The van der Waals surface area contributed by atoms with Crippen LogP contribution in [0.2, 0.25) is 0 Å². The summed E-state index contributed by atoms with van der Waals surface area (Å²) in [6.07, 6.45) is 9.49. The quantitative estimate of drug-likeness (QED) is 0.0835. The third-order valence-electron chi connectivity index (χ3n) is 15.8. The Kier molecular flexibility index (Phi) is 14.0. The molecule has 0 spiro atoms. The van der Waals surface area contributed by atoms with Gasteiger partial charge in [0.25, 0.3) is 5.91 Å². The van der Waals surface area contributed by atoms with Crippen molar-refractivity contribution in [2.75, 3.05) is 36.4 Å². The number of nitrogens with one attached hydrogen (secondary N) is 2. The summed E-state index contributed by atoms with van der Waals surface area (Å²) in [5.41, 5.74) is 8.63. The van der Waals surface area contributed by atoms with Crippen LogP contribution in [0.25, 0.3) is 32.2 Å². The van der Waals surface area contributed by atoms with Crippen LogP contribution in [0.4, 0.5) is 10.9 Å². The van der Waals surface area contributed by atoms with Gasteiger partial charge in [0, 0.05) is 49.6 Å². The van der Waals surface area contributed by atoms with Crippen molar-refractivity contribution < 1.29 is 28.7 Å². The third-order valence-corrected chi connectivity index (χ3v) is 16.7. The van der Waals surface area contributed by atoms with E-state index in [2.05, 4.69) is 56.6 Å². The topological polar surface area (TPSA) is 161 Å². The van der Waals surface area contributed by atoms with Crippen molar-refractivity contribution in [1.29, 1.82) is 0 Å². The van der Waals surface area contributed by atoms with E-state index in [1.54, 1.807) is 0 Å². The van der Waals surface area contributed by atoms with Gasteiger partial charge in [0.1, 0.15) is 17.2 Å². The van der Waals surface area contributed by atoms with E-state index in [4.69, 9.17) is 19.6 Å². The molecule has 1 unspecified atom stereocenters. The maximum absolute atomic E-state index is 14.1. The number of likely N-dealkylation sites (tertiary alicyclic amines) is 1. The molecule has 2 atom stereocenters. The molecule has 3 fully saturated rings. The number of carbonyl (C=O) groups excluding carboxylic acids is 4. The first-order chi connectivity index (χ1) is 36.2. The number of aryl methyl sites for hydroxylation is 1. The summed E-state index contributed by atoms with van der Waals surface area (Å²) in [5.74, 6) is 1.05. The van der Waals surface area contributed by atoms with Crippen LogP contribution in [0.15, 0.2) is 91.0 Å². The normalized spacial score (nSPS) is 20.3. The van der Waals surface area contributed by atoms with E-state index in [9.17, 15) is 19.2 Å². The summed E-state index contributed by atoms with van der Waals surface area (Å²) in [7, 11) is 1.94. The number of benzene rings is 4. The van der Waals surface area contributed by atoms with Crippen LogP contribution in [0.1, 0.15) is 139 Å². The number of nitrogens with zero attached hydrogens (tertiary/aromatic N) is 6. The number of anilines is 2. The molecule has 2 N–H and O–H groups in total. The number of para-hydroxylation sites is 1. The van der Waals surface area contributed by atoms with Crippen LogP contribution < -0.4 is 20.3 Å². The lowest BCUT2D eigenvalue weighted by atomic mass is 9.84. The van der Waals surface area contributed by atoms with Gasteiger partial charge < -0.3 is 19.3 Å². The summed E-state index contributed by atoms with van der Waals surface area (Å²) >= 11 is 1.45. The molecule has 2 saturated heterocycles. The molecule has 3 aromatic heterocycles. The van der Waals surface area contributed by atoms with Crippen LogP contribution in [-0.2, 0) is 34.3 Å². The van der Waals surface area contributed by atoms with Crippen molar-refractivity contribution in [1.82, 2.24) is 30.0 Å². The van der Waals surface area contributed by atoms with Gasteiger partial charge in [-0.1, -0.05) is 59.9 Å². The minimum atomic E-state index is -0.732. The molecule has 15 heteroatoms. The number of piperidine rings is 1. The van der Waals surface area contributed by atoms with E-state index in [0.717, 1.165) is 107 Å². The number of pyridine rings is 1. The number of hydrogen-bond donors (Lipinski definition) is 2. The van der Waals surface area contributed by atoms with Crippen LogP contribution in [0, 0.1) is 12.8 Å². The minimum Gasteiger partial charge on any atom is -0.490 e. The maximum Gasteiger partial charge on any atom is 0.358 e. The minimum absolute atomic E-state index is 0.118. The van der Waals surface area contributed by atoms with Gasteiger partial charge in [0.05, 0.1) is 33.4 Å². The first-order valence-electron chi connectivity index (χ1n) is 26.8. The lowest BCUT2D eigenvalue weighted by Gasteiger charge is -2.31. The molecule has 11 rings (SSSR count). The van der Waals surface area contributed by atoms with Gasteiger partial charge in [-0.2, -0.15) is 5.10 Å². The van der Waals surface area contributed by atoms with Crippen molar-refractivity contribution in [2.45, 2.75) is 122 Å². The smallest absolute Gasteiger partial charge is 0.358 e. The molecule has 4 aromatic carbocycles. The van der Waals surface area contributed by atoms with Crippen LogP contribution in [0.5, 0.6) is 5.75 Å². The molecular weight excluding hydrogens is 961 g/mol. The summed E-state index contributed by atoms with van der Waals surface area (Å²) in [4.78, 5) is 66.8. The summed E-state index contributed by atoms with van der Waals surface area (Å²) in [6.45, 7) is 12.0. The summed E-state index contributed by atoms with van der Waals surface area (Å²) < 4.78 is 15.7. The van der Waals surface area contributed by atoms with Gasteiger partial charge in [-0.05, 0) is 181 Å². The highest BCUT2D eigenvalue weighted by atomic mass is 32.1. The molecule has 6 heterocycles. The van der Waals surface area contributed by atoms with Gasteiger partial charge in [0.2, 0.25) is 11.8 Å². The number of thiazole rings is 1. The molecule has 1 saturated carbocycles. The average Bonchev–Trinajstić information content (AvgIpc) is 4.14. The molecule has 7 aromatic rings. The van der Waals surface area contributed by atoms with Gasteiger partial charge in [0.15, 0.2) is 10.8 Å². The maximum atomic E-state index is 14.1. The second-order valence-corrected chi connectivity index (χ2v) is 23.1. The predicted molar refractivity (Wildman–Crippen MR) is 294 cm³/mol. The Morgan fingerprint density at radius 1 is 0.867 bits per heavy atom. The monoisotopic (exact) mass is 1030 g/mol. The highest BCUT2D eigenvalue weighted by Crippen LogP contribution is 2.39. The average molecular weight is 1030 g/mol. The lowest BCUT2D eigenvalue weighted by Crippen LogP contribution is -2.39. The van der Waals surface area contributed by atoms with Gasteiger partial charge in [-0.15, -0.1) is 0 Å². The largest absolute Gasteiger partial charge is 0.490 e. The number of esters is 1. The Balaban J connectivity index is 0.706. The molecule has 4 aliphatic rings. The number of fused-ring (bicyclic) bond motifs is 3.